The van der Waals surface area contributed by atoms with Crippen molar-refractivity contribution < 1.29 is 23.3 Å². The second-order valence-corrected chi connectivity index (χ2v) is 4.07. The molecule has 0 bridgehead atoms. The molecule has 2 atom stereocenters. The van der Waals surface area contributed by atoms with E-state index in [2.05, 4.69) is 20.2 Å². The Bertz CT molecular complexity index is 86.7. The minimum absolute atomic E-state index is 0.237. The summed E-state index contributed by atoms with van der Waals surface area (Å²) in [7, 11) is 9.34. The topological polar surface area (TPSA) is 40.5 Å². The molecule has 0 aromatic carbocycles. The van der Waals surface area contributed by atoms with Crippen molar-refractivity contribution in [2.45, 2.75) is 37.9 Å². The molecule has 0 spiro atoms. The van der Waals surface area contributed by atoms with Gasteiger partial charge in [0, 0.05) is 0 Å². The Morgan fingerprint density at radius 3 is 1.64 bits per heavy atom. The van der Waals surface area contributed by atoms with Crippen molar-refractivity contribution in [3.63, 3.8) is 0 Å². The summed E-state index contributed by atoms with van der Waals surface area (Å²) < 4.78 is 0. The molecule has 1 aliphatic rings. The van der Waals surface area contributed by atoms with E-state index >= 15 is 0 Å². The molecule has 0 unspecified atom stereocenters. The molecule has 1 aliphatic carbocycles. The first-order valence-electron chi connectivity index (χ1n) is 3.38. The molecule has 5 heteroatoms. The zero-order chi connectivity index (χ0) is 8.69. The fourth-order valence-electron chi connectivity index (χ4n) is 1.14. The summed E-state index contributed by atoms with van der Waals surface area (Å²) in [5, 5.41) is 17.8. The van der Waals surface area contributed by atoms with Gasteiger partial charge >= 0.3 is 33.3 Å². The van der Waals surface area contributed by atoms with Crippen LogP contribution in [0.3, 0.4) is 0 Å². The normalized spacial score (nSPS) is 30.9. The van der Waals surface area contributed by atoms with Crippen LogP contribution in [-0.2, 0) is 13.1 Å². The van der Waals surface area contributed by atoms with E-state index in [4.69, 9.17) is 10.2 Å². The van der Waals surface area contributed by atoms with Crippen molar-refractivity contribution in [1.82, 2.24) is 0 Å². The predicted octanol–water partition coefficient (Wildman–Crippen LogP) is 1.66. The Labute approximate surface area is 81.5 Å². The third kappa shape index (κ3) is 7.38. The third-order valence-corrected chi connectivity index (χ3v) is 1.62. The van der Waals surface area contributed by atoms with Gasteiger partial charge in [0.05, 0.1) is 12.2 Å². The Hall–Kier alpha value is 1.02. The van der Waals surface area contributed by atoms with Crippen LogP contribution in [0.4, 0.5) is 0 Å². The molecule has 0 aliphatic heterocycles. The summed E-state index contributed by atoms with van der Waals surface area (Å²) in [6, 6.07) is 0. The van der Waals surface area contributed by atoms with Gasteiger partial charge in [-0.05, 0) is 25.7 Å². The number of aliphatic hydroxyl groups excluding tert-OH is 2. The van der Waals surface area contributed by atoms with Crippen LogP contribution in [0.15, 0.2) is 0 Å². The summed E-state index contributed by atoms with van der Waals surface area (Å²) in [5.74, 6) is 0. The molecule has 73 valence electrons. The summed E-state index contributed by atoms with van der Waals surface area (Å²) in [4.78, 5) is 0. The van der Waals surface area contributed by atoms with Crippen molar-refractivity contribution >= 4 is 20.2 Å². The first-order chi connectivity index (χ1) is 5.20. The van der Waals surface area contributed by atoms with Crippen molar-refractivity contribution in [1.29, 1.82) is 0 Å². The van der Waals surface area contributed by atoms with E-state index in [9.17, 15) is 0 Å². The van der Waals surface area contributed by atoms with E-state index in [0.29, 0.717) is 6.42 Å². The second kappa shape index (κ2) is 7.66. The zero-order valence-electron chi connectivity index (χ0n) is 5.93. The zero-order valence-corrected chi connectivity index (χ0v) is 8.39. The second-order valence-electron chi connectivity index (χ2n) is 2.52. The van der Waals surface area contributed by atoms with E-state index in [-0.39, 0.29) is 12.2 Å². The van der Waals surface area contributed by atoms with Crippen LogP contribution in [0, 0.1) is 0 Å². The molecule has 0 aromatic rings. The van der Waals surface area contributed by atoms with Crippen molar-refractivity contribution in [2.75, 3.05) is 0 Å². The quantitative estimate of drug-likeness (QED) is 0.642. The fraction of sp³-hybridized carbons (Fsp3) is 1.00. The van der Waals surface area contributed by atoms with Crippen molar-refractivity contribution in [3.8, 4) is 0 Å². The number of halogens is 2. The summed E-state index contributed by atoms with van der Waals surface area (Å²) in [6.07, 6.45) is 2.83. The molecule has 1 fully saturated rings. The number of aliphatic hydroxyl groups is 2. The van der Waals surface area contributed by atoms with E-state index < -0.39 is 0 Å². The monoisotopic (exact) mass is 249 g/mol. The predicted molar refractivity (Wildman–Crippen MR) is 42.2 cm³/mol. The number of hydrogen-bond donors (Lipinski definition) is 2. The summed E-state index contributed by atoms with van der Waals surface area (Å²) >= 11 is 0.757. The van der Waals surface area contributed by atoms with Crippen LogP contribution >= 0.6 is 20.2 Å². The maximum absolute atomic E-state index is 8.92. The van der Waals surface area contributed by atoms with Gasteiger partial charge in [0.15, 0.2) is 0 Å². The molecule has 11 heavy (non-hydrogen) atoms. The van der Waals surface area contributed by atoms with E-state index in [0.717, 1.165) is 32.4 Å². The van der Waals surface area contributed by atoms with E-state index in [1.807, 2.05) is 0 Å². The first-order valence-corrected chi connectivity index (χ1v) is 5.97. The van der Waals surface area contributed by atoms with Crippen LogP contribution in [0.25, 0.3) is 0 Å². The van der Waals surface area contributed by atoms with Crippen LogP contribution in [0.5, 0.6) is 0 Å². The summed E-state index contributed by atoms with van der Waals surface area (Å²) in [6.45, 7) is 0. The van der Waals surface area contributed by atoms with E-state index in [1.54, 1.807) is 0 Å². The molecule has 0 radical (unpaired) electrons. The van der Waals surface area contributed by atoms with Gasteiger partial charge in [-0.15, -0.1) is 0 Å². The van der Waals surface area contributed by atoms with Crippen molar-refractivity contribution in [3.05, 3.63) is 0 Å². The Morgan fingerprint density at radius 2 is 1.45 bits per heavy atom. The number of hydrogen-bond acceptors (Lipinski definition) is 2. The van der Waals surface area contributed by atoms with Crippen LogP contribution in [0.2, 0.25) is 0 Å². The minimum atomic E-state index is -0.237. The Balaban J connectivity index is 0.000000292. The standard InChI is InChI=1S/C6H12O2.2ClH.Cu/c7-5-2-1-3-6(8)4-5;;;/h5-8H,1-4H2;2*1H;/q;;;+2/p-2/t5-,6+;;;. The van der Waals surface area contributed by atoms with Gasteiger partial charge in [0.2, 0.25) is 0 Å². The van der Waals surface area contributed by atoms with Gasteiger partial charge in [-0.1, -0.05) is 0 Å². The Morgan fingerprint density at radius 1 is 1.09 bits per heavy atom. The number of rotatable bonds is 0. The maximum atomic E-state index is 8.92. The summed E-state index contributed by atoms with van der Waals surface area (Å²) in [5.41, 5.74) is 0. The van der Waals surface area contributed by atoms with Gasteiger partial charge in [0.25, 0.3) is 0 Å². The average Bonchev–Trinajstić information content (AvgIpc) is 1.88. The fourth-order valence-corrected chi connectivity index (χ4v) is 1.14. The molecule has 0 heterocycles. The van der Waals surface area contributed by atoms with E-state index in [1.165, 1.54) is 0 Å². The van der Waals surface area contributed by atoms with Gasteiger partial charge in [-0.2, -0.15) is 0 Å². The SMILES string of the molecule is O[C@@H]1CCC[C@H](O)C1.[Cl][Cu][Cl]. The Kier molecular flexibility index (Phi) is 8.37. The molecular weight excluding hydrogens is 239 g/mol. The van der Waals surface area contributed by atoms with Gasteiger partial charge in [-0.25, -0.2) is 0 Å². The molecule has 2 nitrogen and oxygen atoms in total. The third-order valence-electron chi connectivity index (χ3n) is 1.62. The molecule has 0 saturated heterocycles. The molecule has 1 saturated carbocycles. The molecule has 0 aromatic heterocycles. The van der Waals surface area contributed by atoms with Crippen LogP contribution in [-0.4, -0.2) is 22.4 Å². The molecular formula is C6H12Cl2CuO2. The van der Waals surface area contributed by atoms with Gasteiger partial charge in [-0.3, -0.25) is 0 Å². The first kappa shape index (κ1) is 12.0. The molecule has 1 rings (SSSR count). The average molecular weight is 251 g/mol. The molecule has 2 N–H and O–H groups in total. The van der Waals surface area contributed by atoms with Crippen molar-refractivity contribution in [2.24, 2.45) is 0 Å². The molecule has 0 amide bonds. The van der Waals surface area contributed by atoms with Crippen LogP contribution < -0.4 is 0 Å². The van der Waals surface area contributed by atoms with Crippen LogP contribution in [0.1, 0.15) is 25.7 Å². The van der Waals surface area contributed by atoms with Gasteiger partial charge in [0.1, 0.15) is 0 Å². The van der Waals surface area contributed by atoms with Gasteiger partial charge < -0.3 is 10.2 Å².